The third kappa shape index (κ3) is 18.1. The van der Waals surface area contributed by atoms with Gasteiger partial charge in [0.15, 0.2) is 0 Å². The Balaban J connectivity index is 0. The maximum atomic E-state index is 9.95. The van der Waals surface area contributed by atoms with E-state index in [0.29, 0.717) is 12.5 Å². The van der Waals surface area contributed by atoms with Crippen LogP contribution in [0.2, 0.25) is 0 Å². The zero-order valence-electron chi connectivity index (χ0n) is 8.65. The smallest absolute Gasteiger partial charge is 0.300 e. The molecule has 0 saturated heterocycles. The first-order valence-electron chi connectivity index (χ1n) is 4.21. The summed E-state index contributed by atoms with van der Waals surface area (Å²) in [6.45, 7) is 8.60. The maximum absolute atomic E-state index is 9.95. The monoisotopic (exact) mass is 190 g/mol. The van der Waals surface area contributed by atoms with Gasteiger partial charge in [0.1, 0.15) is 0 Å². The molecule has 78 valence electrons. The van der Waals surface area contributed by atoms with E-state index >= 15 is 0 Å². The molecule has 5 heteroatoms. The number of rotatable bonds is 4. The van der Waals surface area contributed by atoms with Crippen LogP contribution in [0.1, 0.15) is 27.7 Å². The zero-order valence-corrected chi connectivity index (χ0v) is 8.65. The Morgan fingerprint density at radius 1 is 1.54 bits per heavy atom. The highest BCUT2D eigenvalue weighted by Gasteiger charge is 2.00. The molecule has 0 aliphatic heterocycles. The Morgan fingerprint density at radius 3 is 2.00 bits per heavy atom. The van der Waals surface area contributed by atoms with Crippen molar-refractivity contribution in [3.05, 3.63) is 4.91 Å². The highest BCUT2D eigenvalue weighted by Crippen LogP contribution is 1.97. The van der Waals surface area contributed by atoms with Crippen LogP contribution in [-0.2, 0) is 4.79 Å². The summed E-state index contributed by atoms with van der Waals surface area (Å²) in [6.07, 6.45) is 0. The van der Waals surface area contributed by atoms with E-state index in [-0.39, 0.29) is 0 Å². The molecular formula is C8H18N2O3. The lowest BCUT2D eigenvalue weighted by molar-refractivity contribution is -0.134. The number of hydrogen-bond acceptors (Lipinski definition) is 3. The minimum Gasteiger partial charge on any atom is -0.481 e. The second kappa shape index (κ2) is 8.96. The predicted molar refractivity (Wildman–Crippen MR) is 51.2 cm³/mol. The van der Waals surface area contributed by atoms with Gasteiger partial charge in [-0.1, -0.05) is 13.8 Å². The van der Waals surface area contributed by atoms with E-state index in [2.05, 4.69) is 19.1 Å². The highest BCUT2D eigenvalue weighted by molar-refractivity contribution is 5.62. The normalized spacial score (nSPS) is 8.69. The fraction of sp³-hybridized carbons (Fsp3) is 0.875. The minimum atomic E-state index is -0.833. The van der Waals surface area contributed by atoms with Crippen molar-refractivity contribution in [3.8, 4) is 0 Å². The number of carbonyl (C=O) groups is 1. The Labute approximate surface area is 78.7 Å². The average Bonchev–Trinajstić information content (AvgIpc) is 1.98. The van der Waals surface area contributed by atoms with Crippen molar-refractivity contribution in [1.29, 1.82) is 0 Å². The van der Waals surface area contributed by atoms with E-state index in [4.69, 9.17) is 9.90 Å². The minimum absolute atomic E-state index is 0.516. The van der Waals surface area contributed by atoms with Crippen molar-refractivity contribution in [2.45, 2.75) is 27.7 Å². The molecule has 13 heavy (non-hydrogen) atoms. The summed E-state index contributed by atoms with van der Waals surface area (Å²) in [6, 6.07) is 0. The summed E-state index contributed by atoms with van der Waals surface area (Å²) in [5, 5.41) is 11.8. The van der Waals surface area contributed by atoms with Crippen LogP contribution < -0.4 is 0 Å². The zero-order chi connectivity index (χ0) is 10.9. The molecule has 0 atom stereocenters. The van der Waals surface area contributed by atoms with Crippen LogP contribution in [0.3, 0.4) is 0 Å². The van der Waals surface area contributed by atoms with E-state index in [1.165, 1.54) is 5.01 Å². The molecule has 5 nitrogen and oxygen atoms in total. The molecule has 0 bridgehead atoms. The topological polar surface area (TPSA) is 70.0 Å². The van der Waals surface area contributed by atoms with Crippen LogP contribution >= 0.6 is 0 Å². The molecule has 0 aromatic carbocycles. The molecule has 0 radical (unpaired) electrons. The van der Waals surface area contributed by atoms with E-state index < -0.39 is 5.97 Å². The van der Waals surface area contributed by atoms with Gasteiger partial charge in [0.05, 0.1) is 5.29 Å². The number of carboxylic acids is 1. The van der Waals surface area contributed by atoms with Gasteiger partial charge >= 0.3 is 0 Å². The lowest BCUT2D eigenvalue weighted by Crippen LogP contribution is -2.20. The largest absolute Gasteiger partial charge is 0.481 e. The van der Waals surface area contributed by atoms with Crippen molar-refractivity contribution < 1.29 is 9.90 Å². The number of nitrogens with zero attached hydrogens (tertiary/aromatic N) is 2. The highest BCUT2D eigenvalue weighted by atomic mass is 16.4. The van der Waals surface area contributed by atoms with Gasteiger partial charge in [0, 0.05) is 20.0 Å². The third-order valence-corrected chi connectivity index (χ3v) is 1.06. The molecule has 0 amide bonds. The first-order valence-corrected chi connectivity index (χ1v) is 4.21. The predicted octanol–water partition coefficient (Wildman–Crippen LogP) is 1.74. The van der Waals surface area contributed by atoms with Crippen LogP contribution in [0.4, 0.5) is 0 Å². The Kier molecular flexibility index (Phi) is 9.93. The fourth-order valence-corrected chi connectivity index (χ4v) is 0.642. The van der Waals surface area contributed by atoms with E-state index in [0.717, 1.165) is 13.5 Å². The van der Waals surface area contributed by atoms with Gasteiger partial charge in [0.25, 0.3) is 5.97 Å². The van der Waals surface area contributed by atoms with Crippen molar-refractivity contribution in [1.82, 2.24) is 5.01 Å². The lowest BCUT2D eigenvalue weighted by atomic mass is 10.2. The summed E-state index contributed by atoms with van der Waals surface area (Å²) in [5.41, 5.74) is 0. The van der Waals surface area contributed by atoms with E-state index in [9.17, 15) is 4.91 Å². The molecule has 0 spiro atoms. The molecule has 1 N–H and O–H groups in total. The van der Waals surface area contributed by atoms with Crippen LogP contribution in [0.5, 0.6) is 0 Å². The molecule has 0 aliphatic carbocycles. The SMILES string of the molecule is CC(=O)O.CCN(CC(C)C)N=O. The quantitative estimate of drug-likeness (QED) is 0.541. The van der Waals surface area contributed by atoms with Gasteiger partial charge in [-0.25, -0.2) is 0 Å². The van der Waals surface area contributed by atoms with Crippen molar-refractivity contribution in [3.63, 3.8) is 0 Å². The Hall–Kier alpha value is -1.13. The molecule has 0 aromatic rings. The van der Waals surface area contributed by atoms with Gasteiger partial charge in [-0.3, -0.25) is 9.80 Å². The number of carboxylic acid groups (broad SMARTS) is 1. The maximum Gasteiger partial charge on any atom is 0.300 e. The molecule has 0 rings (SSSR count). The molecule has 0 saturated carbocycles. The Bertz CT molecular complexity index is 144. The summed E-state index contributed by atoms with van der Waals surface area (Å²) in [4.78, 5) is 18.9. The van der Waals surface area contributed by atoms with Crippen LogP contribution in [0.15, 0.2) is 5.29 Å². The molecule has 0 unspecified atom stereocenters. The van der Waals surface area contributed by atoms with Gasteiger partial charge < -0.3 is 5.11 Å². The number of aliphatic carboxylic acids is 1. The van der Waals surface area contributed by atoms with E-state index in [1.54, 1.807) is 0 Å². The van der Waals surface area contributed by atoms with Crippen LogP contribution in [0, 0.1) is 10.8 Å². The van der Waals surface area contributed by atoms with Crippen molar-refractivity contribution in [2.75, 3.05) is 13.1 Å². The standard InChI is InChI=1S/C6H14N2O.C2H4O2/c1-4-8(7-9)5-6(2)3;1-2(3)4/h6H,4-5H2,1-3H3;1H3,(H,3,4). The molecule has 0 aromatic heterocycles. The first kappa shape index (κ1) is 14.4. The van der Waals surface area contributed by atoms with Crippen LogP contribution in [0.25, 0.3) is 0 Å². The summed E-state index contributed by atoms with van der Waals surface area (Å²) in [5.74, 6) is -0.317. The summed E-state index contributed by atoms with van der Waals surface area (Å²) < 4.78 is 0. The van der Waals surface area contributed by atoms with Gasteiger partial charge in [-0.15, -0.1) is 4.91 Å². The van der Waals surface area contributed by atoms with E-state index in [1.807, 2.05) is 6.92 Å². The average molecular weight is 190 g/mol. The Morgan fingerprint density at radius 2 is 1.92 bits per heavy atom. The van der Waals surface area contributed by atoms with Gasteiger partial charge in [-0.2, -0.15) is 0 Å². The van der Waals surface area contributed by atoms with Crippen molar-refractivity contribution in [2.24, 2.45) is 11.2 Å². The molecular weight excluding hydrogens is 172 g/mol. The molecule has 0 fully saturated rings. The number of hydrogen-bond donors (Lipinski definition) is 1. The molecule has 0 heterocycles. The lowest BCUT2D eigenvalue weighted by Gasteiger charge is -2.13. The summed E-state index contributed by atoms with van der Waals surface area (Å²) in [7, 11) is 0. The molecule has 0 aliphatic rings. The fourth-order valence-electron chi connectivity index (χ4n) is 0.642. The number of nitroso groups, excluding NO2 is 1. The van der Waals surface area contributed by atoms with Crippen molar-refractivity contribution >= 4 is 5.97 Å². The second-order valence-electron chi connectivity index (χ2n) is 3.00. The third-order valence-electron chi connectivity index (χ3n) is 1.06. The summed E-state index contributed by atoms with van der Waals surface area (Å²) >= 11 is 0. The second-order valence-corrected chi connectivity index (χ2v) is 3.00. The first-order chi connectivity index (χ1) is 5.93. The van der Waals surface area contributed by atoms with Crippen LogP contribution in [-0.4, -0.2) is 29.2 Å². The van der Waals surface area contributed by atoms with Gasteiger partial charge in [0.2, 0.25) is 0 Å². The van der Waals surface area contributed by atoms with Gasteiger partial charge in [-0.05, 0) is 12.8 Å².